The molecule has 0 saturated carbocycles. The molecule has 1 amide bonds. The van der Waals surface area contributed by atoms with Gasteiger partial charge in [0.15, 0.2) is 0 Å². The third-order valence-electron chi connectivity index (χ3n) is 3.93. The summed E-state index contributed by atoms with van der Waals surface area (Å²) < 4.78 is 5.29. The number of aryl methyl sites for hydroxylation is 1. The number of rotatable bonds is 7. The maximum absolute atomic E-state index is 12.5. The summed E-state index contributed by atoms with van der Waals surface area (Å²) in [5.41, 5.74) is 2.88. The van der Waals surface area contributed by atoms with Crippen molar-refractivity contribution in [1.29, 1.82) is 0 Å². The molecule has 122 valence electrons. The number of unbranched alkanes of at least 4 members (excludes halogenated alkanes) is 2. The van der Waals surface area contributed by atoms with Crippen LogP contribution in [0.15, 0.2) is 18.2 Å². The largest absolute Gasteiger partial charge is 0.396 e. The molecule has 1 heterocycles. The van der Waals surface area contributed by atoms with E-state index in [0.29, 0.717) is 26.3 Å². The van der Waals surface area contributed by atoms with E-state index in [0.717, 1.165) is 42.6 Å². The van der Waals surface area contributed by atoms with Gasteiger partial charge in [0.05, 0.1) is 13.2 Å². The maximum atomic E-state index is 12.5. The molecular formula is C17H26N2O3. The van der Waals surface area contributed by atoms with Crippen molar-refractivity contribution in [1.82, 2.24) is 4.90 Å². The highest BCUT2D eigenvalue weighted by Gasteiger charge is 2.18. The summed E-state index contributed by atoms with van der Waals surface area (Å²) in [5, 5.41) is 12.2. The molecule has 0 aliphatic carbocycles. The molecule has 5 nitrogen and oxygen atoms in total. The second kappa shape index (κ2) is 8.76. The normalized spacial score (nSPS) is 14.9. The van der Waals surface area contributed by atoms with Crippen molar-refractivity contribution in [2.24, 2.45) is 0 Å². The first-order valence-corrected chi connectivity index (χ1v) is 8.05. The Kier molecular flexibility index (Phi) is 6.68. The van der Waals surface area contributed by atoms with Gasteiger partial charge >= 0.3 is 0 Å². The Morgan fingerprint density at radius 3 is 2.77 bits per heavy atom. The van der Waals surface area contributed by atoms with Gasteiger partial charge in [-0.15, -0.1) is 0 Å². The molecule has 0 atom stereocenters. The third kappa shape index (κ3) is 4.71. The fourth-order valence-electron chi connectivity index (χ4n) is 2.53. The minimum atomic E-state index is 0.0756. The van der Waals surface area contributed by atoms with Crippen molar-refractivity contribution < 1.29 is 14.6 Å². The number of morpholine rings is 1. The Hall–Kier alpha value is -1.59. The molecule has 0 unspecified atom stereocenters. The molecule has 1 saturated heterocycles. The van der Waals surface area contributed by atoms with Crippen LogP contribution in [0, 0.1) is 6.92 Å². The molecule has 0 aromatic heterocycles. The zero-order valence-electron chi connectivity index (χ0n) is 13.3. The number of ether oxygens (including phenoxy) is 1. The summed E-state index contributed by atoms with van der Waals surface area (Å²) in [6.45, 7) is 5.71. The Morgan fingerprint density at radius 2 is 2.05 bits per heavy atom. The van der Waals surface area contributed by atoms with Gasteiger partial charge in [0.1, 0.15) is 0 Å². The van der Waals surface area contributed by atoms with E-state index in [2.05, 4.69) is 5.32 Å². The Labute approximate surface area is 132 Å². The minimum Gasteiger partial charge on any atom is -0.396 e. The number of aliphatic hydroxyl groups is 1. The topological polar surface area (TPSA) is 61.8 Å². The van der Waals surface area contributed by atoms with Crippen LogP contribution in [-0.2, 0) is 4.74 Å². The second-order valence-electron chi connectivity index (χ2n) is 5.65. The number of hydrogen-bond donors (Lipinski definition) is 2. The molecule has 0 radical (unpaired) electrons. The summed E-state index contributed by atoms with van der Waals surface area (Å²) in [5.74, 6) is 0.0756. The van der Waals surface area contributed by atoms with Gasteiger partial charge in [-0.1, -0.05) is 6.07 Å². The van der Waals surface area contributed by atoms with E-state index < -0.39 is 0 Å². The molecule has 5 heteroatoms. The molecule has 1 aliphatic rings. The van der Waals surface area contributed by atoms with Crippen LogP contribution in [0.2, 0.25) is 0 Å². The van der Waals surface area contributed by atoms with Crippen molar-refractivity contribution in [2.45, 2.75) is 26.2 Å². The predicted octanol–water partition coefficient (Wildman–Crippen LogP) is 2.04. The van der Waals surface area contributed by atoms with E-state index in [1.165, 1.54) is 0 Å². The number of benzene rings is 1. The number of anilines is 1. The molecule has 2 N–H and O–H groups in total. The van der Waals surface area contributed by atoms with Crippen molar-refractivity contribution in [2.75, 3.05) is 44.8 Å². The molecule has 1 aromatic rings. The highest BCUT2D eigenvalue weighted by atomic mass is 16.5. The third-order valence-corrected chi connectivity index (χ3v) is 3.93. The first kappa shape index (κ1) is 16.8. The monoisotopic (exact) mass is 306 g/mol. The average molecular weight is 306 g/mol. The Bertz CT molecular complexity index is 485. The highest BCUT2D eigenvalue weighted by Crippen LogP contribution is 2.19. The van der Waals surface area contributed by atoms with Crippen LogP contribution in [0.25, 0.3) is 0 Å². The molecule has 1 aromatic carbocycles. The summed E-state index contributed by atoms with van der Waals surface area (Å²) in [7, 11) is 0. The van der Waals surface area contributed by atoms with E-state index in [-0.39, 0.29) is 12.5 Å². The van der Waals surface area contributed by atoms with Crippen LogP contribution < -0.4 is 5.32 Å². The SMILES string of the molecule is Cc1ccc(C(=O)N2CCOCC2)cc1NCCCCCO. The molecule has 0 spiro atoms. The number of nitrogens with zero attached hydrogens (tertiary/aromatic N) is 1. The van der Waals surface area contributed by atoms with Crippen molar-refractivity contribution in [3.05, 3.63) is 29.3 Å². The van der Waals surface area contributed by atoms with Crippen molar-refractivity contribution in [3.63, 3.8) is 0 Å². The fourth-order valence-corrected chi connectivity index (χ4v) is 2.53. The van der Waals surface area contributed by atoms with Gasteiger partial charge in [0.2, 0.25) is 0 Å². The quantitative estimate of drug-likeness (QED) is 0.757. The molecule has 22 heavy (non-hydrogen) atoms. The number of hydrogen-bond acceptors (Lipinski definition) is 4. The van der Waals surface area contributed by atoms with Gasteiger partial charge in [-0.2, -0.15) is 0 Å². The Balaban J connectivity index is 1.95. The average Bonchev–Trinajstić information content (AvgIpc) is 2.56. The summed E-state index contributed by atoms with van der Waals surface area (Å²) >= 11 is 0. The van der Waals surface area contributed by atoms with E-state index in [4.69, 9.17) is 9.84 Å². The molecule has 0 bridgehead atoms. The van der Waals surface area contributed by atoms with Gasteiger partial charge in [-0.05, 0) is 43.9 Å². The minimum absolute atomic E-state index is 0.0756. The lowest BCUT2D eigenvalue weighted by atomic mass is 10.1. The van der Waals surface area contributed by atoms with E-state index in [1.807, 2.05) is 30.0 Å². The van der Waals surface area contributed by atoms with E-state index >= 15 is 0 Å². The molecular weight excluding hydrogens is 280 g/mol. The number of amides is 1. The van der Waals surface area contributed by atoms with Crippen LogP contribution in [0.1, 0.15) is 35.2 Å². The summed E-state index contributed by atoms with van der Waals surface area (Å²) in [6, 6.07) is 5.83. The van der Waals surface area contributed by atoms with Crippen molar-refractivity contribution >= 4 is 11.6 Å². The first-order chi connectivity index (χ1) is 10.7. The van der Waals surface area contributed by atoms with Gasteiger partial charge in [-0.25, -0.2) is 0 Å². The van der Waals surface area contributed by atoms with Gasteiger partial charge in [0, 0.05) is 37.5 Å². The van der Waals surface area contributed by atoms with E-state index in [1.54, 1.807) is 0 Å². The van der Waals surface area contributed by atoms with Crippen LogP contribution in [-0.4, -0.2) is 55.4 Å². The number of carbonyl (C=O) groups is 1. The lowest BCUT2D eigenvalue weighted by Gasteiger charge is -2.27. The standard InChI is InChI=1S/C17H26N2O3/c1-14-5-6-15(17(21)19-8-11-22-12-9-19)13-16(14)18-7-3-2-4-10-20/h5-6,13,18,20H,2-4,7-12H2,1H3. The van der Waals surface area contributed by atoms with Gasteiger partial charge < -0.3 is 20.1 Å². The number of carbonyl (C=O) groups excluding carboxylic acids is 1. The lowest BCUT2D eigenvalue weighted by Crippen LogP contribution is -2.40. The maximum Gasteiger partial charge on any atom is 0.254 e. The zero-order chi connectivity index (χ0) is 15.8. The van der Waals surface area contributed by atoms with Crippen LogP contribution in [0.5, 0.6) is 0 Å². The number of nitrogens with one attached hydrogen (secondary N) is 1. The lowest BCUT2D eigenvalue weighted by molar-refractivity contribution is 0.0303. The van der Waals surface area contributed by atoms with Gasteiger partial charge in [-0.3, -0.25) is 4.79 Å². The van der Waals surface area contributed by atoms with Crippen LogP contribution in [0.4, 0.5) is 5.69 Å². The Morgan fingerprint density at radius 1 is 1.27 bits per heavy atom. The predicted molar refractivity (Wildman–Crippen MR) is 87.3 cm³/mol. The van der Waals surface area contributed by atoms with Crippen molar-refractivity contribution in [3.8, 4) is 0 Å². The second-order valence-corrected chi connectivity index (χ2v) is 5.65. The smallest absolute Gasteiger partial charge is 0.254 e. The fraction of sp³-hybridized carbons (Fsp3) is 0.588. The first-order valence-electron chi connectivity index (χ1n) is 8.05. The highest BCUT2D eigenvalue weighted by molar-refractivity contribution is 5.95. The number of aliphatic hydroxyl groups excluding tert-OH is 1. The zero-order valence-corrected chi connectivity index (χ0v) is 13.3. The summed E-state index contributed by atoms with van der Waals surface area (Å²) in [4.78, 5) is 14.3. The molecule has 1 aliphatic heterocycles. The summed E-state index contributed by atoms with van der Waals surface area (Å²) in [6.07, 6.45) is 2.87. The molecule has 2 rings (SSSR count). The van der Waals surface area contributed by atoms with Crippen LogP contribution in [0.3, 0.4) is 0 Å². The van der Waals surface area contributed by atoms with Gasteiger partial charge in [0.25, 0.3) is 5.91 Å². The van der Waals surface area contributed by atoms with Crippen LogP contribution >= 0.6 is 0 Å². The van der Waals surface area contributed by atoms with E-state index in [9.17, 15) is 4.79 Å². The molecule has 1 fully saturated rings.